The maximum absolute atomic E-state index is 15.7. The van der Waals surface area contributed by atoms with Crippen LogP contribution in [0.25, 0.3) is 0 Å². The van der Waals surface area contributed by atoms with Crippen LogP contribution in [0, 0.1) is 11.7 Å². The Balaban J connectivity index is 1.54. The molecule has 0 bridgehead atoms. The highest BCUT2D eigenvalue weighted by Crippen LogP contribution is 2.34. The van der Waals surface area contributed by atoms with Crippen molar-refractivity contribution in [3.05, 3.63) is 59.2 Å². The summed E-state index contributed by atoms with van der Waals surface area (Å²) in [7, 11) is 3.34. The molecule has 1 saturated heterocycles. The first-order valence-corrected chi connectivity index (χ1v) is 16.6. The predicted molar refractivity (Wildman–Crippen MR) is 176 cm³/mol. The van der Waals surface area contributed by atoms with E-state index in [0.29, 0.717) is 31.7 Å². The molecule has 2 heterocycles. The fourth-order valence-electron chi connectivity index (χ4n) is 6.41. The molecule has 0 radical (unpaired) electrons. The van der Waals surface area contributed by atoms with Gasteiger partial charge >= 0.3 is 0 Å². The summed E-state index contributed by atoms with van der Waals surface area (Å²) in [5.74, 6) is -3.97. The minimum atomic E-state index is -1.73. The second-order valence-corrected chi connectivity index (χ2v) is 12.8. The van der Waals surface area contributed by atoms with Crippen molar-refractivity contribution in [3.8, 4) is 0 Å². The first-order chi connectivity index (χ1) is 23.3. The van der Waals surface area contributed by atoms with Crippen molar-refractivity contribution >= 4 is 29.3 Å². The normalized spacial score (nSPS) is 20.2. The number of hydrogen-bond acceptors (Lipinski definition) is 7. The first kappa shape index (κ1) is 37.6. The van der Waals surface area contributed by atoms with Crippen molar-refractivity contribution in [2.75, 3.05) is 45.7 Å². The highest BCUT2D eigenvalue weighted by Gasteiger charge is 2.36. The molecule has 0 spiro atoms. The van der Waals surface area contributed by atoms with E-state index in [0.717, 1.165) is 0 Å². The molecule has 1 aliphatic heterocycles. The van der Waals surface area contributed by atoms with Gasteiger partial charge in [0, 0.05) is 51.4 Å². The number of hydrogen-bond donors (Lipinski definition) is 3. The molecule has 49 heavy (non-hydrogen) atoms. The number of aryl methyl sites for hydroxylation is 1. The van der Waals surface area contributed by atoms with Crippen LogP contribution >= 0.6 is 0 Å². The number of anilines is 1. The minimum Gasteiger partial charge on any atom is -0.375 e. The van der Waals surface area contributed by atoms with Crippen LogP contribution in [0.15, 0.2) is 42.1 Å². The Morgan fingerprint density at radius 3 is 2.41 bits per heavy atom. The van der Waals surface area contributed by atoms with Gasteiger partial charge in [0.25, 0.3) is 12.0 Å². The number of nitrogens with one attached hydrogen (secondary N) is 3. The highest BCUT2D eigenvalue weighted by molar-refractivity contribution is 6.00. The monoisotopic (exact) mass is 689 g/mol. The molecular weight excluding hydrogens is 643 g/mol. The molecule has 2 aromatic rings. The predicted octanol–water partition coefficient (Wildman–Crippen LogP) is 3.52. The zero-order chi connectivity index (χ0) is 35.8. The topological polar surface area (TPSA) is 138 Å². The lowest BCUT2D eigenvalue weighted by Crippen LogP contribution is -2.58. The maximum Gasteiger partial charge on any atom is 0.270 e. The lowest BCUT2D eigenvalue weighted by molar-refractivity contribution is -0.140. The number of benzene rings is 1. The van der Waals surface area contributed by atoms with Crippen molar-refractivity contribution in [1.29, 1.82) is 0 Å². The zero-order valence-corrected chi connectivity index (χ0v) is 28.6. The maximum atomic E-state index is 15.7. The van der Waals surface area contributed by atoms with Crippen molar-refractivity contribution in [2.24, 2.45) is 5.92 Å². The lowest BCUT2D eigenvalue weighted by atomic mass is 9.81. The van der Waals surface area contributed by atoms with Crippen molar-refractivity contribution < 1.29 is 37.1 Å². The Morgan fingerprint density at radius 1 is 1.08 bits per heavy atom. The van der Waals surface area contributed by atoms with Crippen LogP contribution in [0.2, 0.25) is 0 Å². The molecule has 1 unspecified atom stereocenters. The fraction of sp³-hybridized carbons (Fsp3) is 0.559. The summed E-state index contributed by atoms with van der Waals surface area (Å²) in [6.07, 6.45) is 0.343. The molecule has 1 aromatic heterocycles. The molecule has 2 fully saturated rings. The number of halogens is 3. The largest absolute Gasteiger partial charge is 0.375 e. The summed E-state index contributed by atoms with van der Waals surface area (Å²) in [4.78, 5) is 57.0. The zero-order valence-electron chi connectivity index (χ0n) is 28.6. The standard InChI is InChI=1S/C34H46F3N7O5/c1-6-44-27(13-14-38-44)32(46)41-30(22-7-9-23(10-8-22)31(36)37)33(47)39-26-12-11-24(17-25(26)35)21(3)29(40-28(45)19-49-5)34(48)43-16-15-42(4)20(2)18-43/h11-14,17,20-22,29-30H,6-10,15-16,18-19H2,1-5H3,(H,39,47)(H,40,45)(H,41,46)/t20-,21+,29-,30?/m1/s1. The minimum absolute atomic E-state index is 0.0267. The van der Waals surface area contributed by atoms with E-state index in [2.05, 4.69) is 25.9 Å². The third-order valence-electron chi connectivity index (χ3n) is 9.60. The van der Waals surface area contributed by atoms with E-state index in [9.17, 15) is 28.0 Å². The number of likely N-dealkylation sites (N-methyl/N-ethyl adjacent to an activating group) is 1. The van der Waals surface area contributed by atoms with Crippen LogP contribution < -0.4 is 16.0 Å². The Morgan fingerprint density at radius 2 is 1.80 bits per heavy atom. The molecule has 4 atom stereocenters. The van der Waals surface area contributed by atoms with Gasteiger partial charge in [-0.15, -0.1) is 0 Å². The quantitative estimate of drug-likeness (QED) is 0.310. The molecule has 4 amide bonds. The third-order valence-corrected chi connectivity index (χ3v) is 9.60. The van der Waals surface area contributed by atoms with E-state index in [-0.39, 0.29) is 61.2 Å². The average molecular weight is 690 g/mol. The third kappa shape index (κ3) is 9.26. The second kappa shape index (κ2) is 16.9. The number of methoxy groups -OCH3 is 1. The lowest BCUT2D eigenvalue weighted by Gasteiger charge is -2.40. The van der Waals surface area contributed by atoms with Crippen LogP contribution in [0.4, 0.5) is 18.9 Å². The van der Waals surface area contributed by atoms with Gasteiger partial charge in [0.2, 0.25) is 17.7 Å². The number of ether oxygens (including phenoxy) is 1. The highest BCUT2D eigenvalue weighted by atomic mass is 19.3. The van der Waals surface area contributed by atoms with E-state index < -0.39 is 53.5 Å². The number of rotatable bonds is 12. The van der Waals surface area contributed by atoms with Gasteiger partial charge in [-0.05, 0) is 81.8 Å². The molecule has 1 aromatic carbocycles. The Bertz CT molecular complexity index is 1540. The van der Waals surface area contributed by atoms with Gasteiger partial charge in [-0.25, -0.2) is 4.39 Å². The van der Waals surface area contributed by atoms with E-state index in [1.165, 1.54) is 36.2 Å². The summed E-state index contributed by atoms with van der Waals surface area (Å²) in [5.41, 5.74) is 0.498. The summed E-state index contributed by atoms with van der Waals surface area (Å²) in [6, 6.07) is 3.60. The number of aromatic nitrogens is 2. The molecule has 1 saturated carbocycles. The number of allylic oxidation sites excluding steroid dienone is 1. The molecule has 1 aliphatic carbocycles. The Labute approximate surface area is 284 Å². The van der Waals surface area contributed by atoms with Gasteiger partial charge in [-0.1, -0.05) is 13.0 Å². The van der Waals surface area contributed by atoms with E-state index in [1.807, 2.05) is 14.0 Å². The summed E-state index contributed by atoms with van der Waals surface area (Å²) < 4.78 is 48.6. The smallest absolute Gasteiger partial charge is 0.270 e. The van der Waals surface area contributed by atoms with Crippen molar-refractivity contribution in [3.63, 3.8) is 0 Å². The van der Waals surface area contributed by atoms with E-state index >= 15 is 4.39 Å². The molecular formula is C34H46F3N7O5. The van der Waals surface area contributed by atoms with Gasteiger partial charge in [0.15, 0.2) is 0 Å². The number of nitrogens with zero attached hydrogens (tertiary/aromatic N) is 4. The van der Waals surface area contributed by atoms with Crippen LogP contribution in [0.3, 0.4) is 0 Å². The first-order valence-electron chi connectivity index (χ1n) is 16.6. The molecule has 15 heteroatoms. The second-order valence-electron chi connectivity index (χ2n) is 12.8. The van der Waals surface area contributed by atoms with Crippen LogP contribution in [-0.2, 0) is 25.7 Å². The molecule has 12 nitrogen and oxygen atoms in total. The van der Waals surface area contributed by atoms with Crippen LogP contribution in [-0.4, -0.2) is 102 Å². The number of carbonyl (C=O) groups is 4. The van der Waals surface area contributed by atoms with Crippen molar-refractivity contribution in [2.45, 2.75) is 77.0 Å². The summed E-state index contributed by atoms with van der Waals surface area (Å²) >= 11 is 0. The van der Waals surface area contributed by atoms with E-state index in [1.54, 1.807) is 24.8 Å². The molecule has 3 N–H and O–H groups in total. The Kier molecular flexibility index (Phi) is 13.0. The average Bonchev–Trinajstić information content (AvgIpc) is 3.57. The van der Waals surface area contributed by atoms with Gasteiger partial charge in [-0.3, -0.25) is 23.9 Å². The fourth-order valence-corrected chi connectivity index (χ4v) is 6.41. The molecule has 4 rings (SSSR count). The summed E-state index contributed by atoms with van der Waals surface area (Å²) in [5, 5.41) is 12.1. The summed E-state index contributed by atoms with van der Waals surface area (Å²) in [6.45, 7) is 7.29. The SMILES string of the molecule is CCn1nccc1C(=O)NC(C(=O)Nc1ccc([C@H](C)[C@@H](NC(=O)COC)C(=O)N2CCN(C)[C@H](C)C2)cc1F)C1CCC(=C(F)F)CC1. The van der Waals surface area contributed by atoms with Gasteiger partial charge in [0.1, 0.15) is 30.2 Å². The Hall–Kier alpha value is -4.24. The molecule has 268 valence electrons. The van der Waals surface area contributed by atoms with Gasteiger partial charge < -0.3 is 30.5 Å². The van der Waals surface area contributed by atoms with Crippen molar-refractivity contribution in [1.82, 2.24) is 30.2 Å². The van der Waals surface area contributed by atoms with Crippen LogP contribution in [0.5, 0.6) is 0 Å². The van der Waals surface area contributed by atoms with Crippen LogP contribution in [0.1, 0.15) is 68.4 Å². The number of piperazine rings is 1. The van der Waals surface area contributed by atoms with E-state index in [4.69, 9.17) is 4.74 Å². The number of amides is 4. The molecule has 2 aliphatic rings. The number of carbonyl (C=O) groups excluding carboxylic acids is 4. The van der Waals surface area contributed by atoms with Gasteiger partial charge in [0.05, 0.1) is 5.69 Å². The van der Waals surface area contributed by atoms with Gasteiger partial charge in [-0.2, -0.15) is 13.9 Å².